The first-order chi connectivity index (χ1) is 6.09. The molecule has 0 saturated carbocycles. The first-order valence-corrected chi connectivity index (χ1v) is 5.48. The highest BCUT2D eigenvalue weighted by Crippen LogP contribution is 2.32. The summed E-state index contributed by atoms with van der Waals surface area (Å²) in [4.78, 5) is 0. The Morgan fingerprint density at radius 2 is 2.31 bits per heavy atom. The van der Waals surface area contributed by atoms with Crippen LogP contribution >= 0.6 is 11.6 Å². The third-order valence-electron chi connectivity index (χ3n) is 2.81. The molecule has 3 unspecified atom stereocenters. The molecule has 1 rings (SSSR count). The van der Waals surface area contributed by atoms with Crippen molar-refractivity contribution in [1.82, 2.24) is 0 Å². The molecule has 0 aromatic rings. The van der Waals surface area contributed by atoms with Crippen molar-refractivity contribution in [2.75, 3.05) is 5.88 Å². The Kier molecular flexibility index (Phi) is 3.81. The molecule has 0 aromatic heterocycles. The molecule has 76 valence electrons. The summed E-state index contributed by atoms with van der Waals surface area (Å²) >= 11 is 5.90. The van der Waals surface area contributed by atoms with Crippen molar-refractivity contribution in [2.45, 2.75) is 45.3 Å². The summed E-state index contributed by atoms with van der Waals surface area (Å²) < 4.78 is 5.75. The molecular weight excluding hydrogens is 184 g/mol. The summed E-state index contributed by atoms with van der Waals surface area (Å²) in [5.74, 6) is 0.630. The van der Waals surface area contributed by atoms with Gasteiger partial charge in [0.1, 0.15) is 0 Å². The molecule has 0 radical (unpaired) electrons. The number of halogens is 1. The fourth-order valence-electron chi connectivity index (χ4n) is 1.75. The minimum Gasteiger partial charge on any atom is -0.375 e. The maximum Gasteiger partial charge on any atom is 0.0588 e. The van der Waals surface area contributed by atoms with Gasteiger partial charge in [-0.1, -0.05) is 13.0 Å². The number of rotatable bonds is 4. The van der Waals surface area contributed by atoms with Gasteiger partial charge in [0.2, 0.25) is 0 Å². The van der Waals surface area contributed by atoms with E-state index in [2.05, 4.69) is 20.4 Å². The largest absolute Gasteiger partial charge is 0.375 e. The van der Waals surface area contributed by atoms with Crippen LogP contribution in [0.4, 0.5) is 0 Å². The van der Waals surface area contributed by atoms with Crippen LogP contribution in [0.3, 0.4) is 0 Å². The van der Waals surface area contributed by atoms with Crippen molar-refractivity contribution in [3.8, 4) is 0 Å². The summed E-state index contributed by atoms with van der Waals surface area (Å²) in [6, 6.07) is 0. The molecule has 1 aliphatic rings. The Morgan fingerprint density at radius 3 is 2.69 bits per heavy atom. The zero-order valence-electron chi connectivity index (χ0n) is 8.55. The van der Waals surface area contributed by atoms with E-state index in [1.54, 1.807) is 0 Å². The predicted molar refractivity (Wildman–Crippen MR) is 57.2 cm³/mol. The van der Waals surface area contributed by atoms with E-state index in [0.29, 0.717) is 18.1 Å². The summed E-state index contributed by atoms with van der Waals surface area (Å²) in [6.07, 6.45) is 6.12. The van der Waals surface area contributed by atoms with Gasteiger partial charge in [0.25, 0.3) is 0 Å². The van der Waals surface area contributed by atoms with Gasteiger partial charge in [-0.2, -0.15) is 0 Å². The fourth-order valence-corrected chi connectivity index (χ4v) is 1.97. The van der Waals surface area contributed by atoms with Crippen LogP contribution in [0.1, 0.15) is 33.1 Å². The number of hydrogen-bond donors (Lipinski definition) is 0. The monoisotopic (exact) mass is 202 g/mol. The fraction of sp³-hybridized carbons (Fsp3) is 0.818. The maximum absolute atomic E-state index is 5.90. The van der Waals surface area contributed by atoms with E-state index in [1.165, 1.54) is 12.8 Å². The lowest BCUT2D eigenvalue weighted by Crippen LogP contribution is -2.23. The van der Waals surface area contributed by atoms with Crippen LogP contribution in [-0.4, -0.2) is 18.1 Å². The molecule has 3 atom stereocenters. The second-order valence-electron chi connectivity index (χ2n) is 4.34. The van der Waals surface area contributed by atoms with E-state index in [9.17, 15) is 0 Å². The van der Waals surface area contributed by atoms with Crippen LogP contribution in [0.15, 0.2) is 12.7 Å². The molecule has 1 heterocycles. The number of ether oxygens (including phenoxy) is 1. The van der Waals surface area contributed by atoms with Gasteiger partial charge in [-0.15, -0.1) is 18.2 Å². The lowest BCUT2D eigenvalue weighted by Gasteiger charge is -2.26. The van der Waals surface area contributed by atoms with Crippen LogP contribution in [-0.2, 0) is 4.74 Å². The zero-order chi connectivity index (χ0) is 9.90. The van der Waals surface area contributed by atoms with Crippen LogP contribution in [0.5, 0.6) is 0 Å². The molecule has 0 bridgehead atoms. The van der Waals surface area contributed by atoms with Crippen LogP contribution in [0.2, 0.25) is 0 Å². The van der Waals surface area contributed by atoms with Gasteiger partial charge in [-0.3, -0.25) is 0 Å². The maximum atomic E-state index is 5.90. The molecule has 0 N–H and O–H groups in total. The second-order valence-corrected chi connectivity index (χ2v) is 4.61. The van der Waals surface area contributed by atoms with Gasteiger partial charge in [-0.25, -0.2) is 0 Å². The molecule has 0 aromatic carbocycles. The van der Waals surface area contributed by atoms with Crippen molar-refractivity contribution in [2.24, 2.45) is 5.41 Å². The average molecular weight is 203 g/mol. The Hall–Kier alpha value is -0.0100. The predicted octanol–water partition coefficient (Wildman–Crippen LogP) is 3.38. The van der Waals surface area contributed by atoms with Gasteiger partial charge >= 0.3 is 0 Å². The van der Waals surface area contributed by atoms with Gasteiger partial charge in [-0.05, 0) is 26.2 Å². The van der Waals surface area contributed by atoms with Gasteiger partial charge in [0.05, 0.1) is 12.2 Å². The molecule has 0 spiro atoms. The molecule has 1 aliphatic heterocycles. The molecule has 1 fully saturated rings. The summed E-state index contributed by atoms with van der Waals surface area (Å²) in [6.45, 7) is 8.09. The van der Waals surface area contributed by atoms with E-state index in [-0.39, 0.29) is 5.41 Å². The Labute approximate surface area is 86.1 Å². The van der Waals surface area contributed by atoms with E-state index >= 15 is 0 Å². The summed E-state index contributed by atoms with van der Waals surface area (Å²) in [5, 5.41) is 0. The minimum atomic E-state index is 0.0380. The SMILES string of the molecule is C=CC(C)(CCl)CC1CCC(C)O1. The quantitative estimate of drug-likeness (QED) is 0.502. The van der Waals surface area contributed by atoms with Gasteiger partial charge < -0.3 is 4.74 Å². The van der Waals surface area contributed by atoms with Crippen LogP contribution < -0.4 is 0 Å². The lowest BCUT2D eigenvalue weighted by atomic mass is 9.86. The minimum absolute atomic E-state index is 0.0380. The van der Waals surface area contributed by atoms with E-state index in [0.717, 1.165) is 6.42 Å². The standard InChI is InChI=1S/C11H19ClO/c1-4-11(3,8-12)7-10-6-5-9(2)13-10/h4,9-10H,1,5-8H2,2-3H3. The number of alkyl halides is 1. The summed E-state index contributed by atoms with van der Waals surface area (Å²) in [5.41, 5.74) is 0.0380. The Balaban J connectivity index is 2.43. The summed E-state index contributed by atoms with van der Waals surface area (Å²) in [7, 11) is 0. The van der Waals surface area contributed by atoms with E-state index in [1.807, 2.05) is 6.08 Å². The van der Waals surface area contributed by atoms with Gasteiger partial charge in [0, 0.05) is 11.3 Å². The number of hydrogen-bond acceptors (Lipinski definition) is 1. The van der Waals surface area contributed by atoms with E-state index < -0.39 is 0 Å². The average Bonchev–Trinajstić information content (AvgIpc) is 2.51. The lowest BCUT2D eigenvalue weighted by molar-refractivity contribution is 0.0362. The molecular formula is C11H19ClO. The van der Waals surface area contributed by atoms with Crippen LogP contribution in [0, 0.1) is 5.41 Å². The highest BCUT2D eigenvalue weighted by Gasteiger charge is 2.29. The second kappa shape index (κ2) is 4.47. The van der Waals surface area contributed by atoms with E-state index in [4.69, 9.17) is 16.3 Å². The Morgan fingerprint density at radius 1 is 1.62 bits per heavy atom. The first kappa shape index (κ1) is 11.1. The third-order valence-corrected chi connectivity index (χ3v) is 3.42. The van der Waals surface area contributed by atoms with Crippen molar-refractivity contribution in [1.29, 1.82) is 0 Å². The molecule has 0 aliphatic carbocycles. The number of allylic oxidation sites excluding steroid dienone is 1. The first-order valence-electron chi connectivity index (χ1n) is 4.94. The third kappa shape index (κ3) is 2.99. The van der Waals surface area contributed by atoms with Crippen molar-refractivity contribution >= 4 is 11.6 Å². The highest BCUT2D eigenvalue weighted by molar-refractivity contribution is 6.18. The highest BCUT2D eigenvalue weighted by atomic mass is 35.5. The zero-order valence-corrected chi connectivity index (χ0v) is 9.31. The molecule has 13 heavy (non-hydrogen) atoms. The molecule has 0 amide bonds. The Bertz CT molecular complexity index is 181. The topological polar surface area (TPSA) is 9.23 Å². The van der Waals surface area contributed by atoms with Crippen LogP contribution in [0.25, 0.3) is 0 Å². The van der Waals surface area contributed by atoms with Crippen molar-refractivity contribution in [3.63, 3.8) is 0 Å². The molecule has 1 nitrogen and oxygen atoms in total. The molecule has 1 saturated heterocycles. The normalized spacial score (nSPS) is 32.8. The van der Waals surface area contributed by atoms with Crippen molar-refractivity contribution in [3.05, 3.63) is 12.7 Å². The van der Waals surface area contributed by atoms with Crippen molar-refractivity contribution < 1.29 is 4.74 Å². The molecule has 2 heteroatoms. The van der Waals surface area contributed by atoms with Gasteiger partial charge in [0.15, 0.2) is 0 Å². The smallest absolute Gasteiger partial charge is 0.0588 e.